The Bertz CT molecular complexity index is 1150. The second-order valence-corrected chi connectivity index (χ2v) is 6.87. The van der Waals surface area contributed by atoms with Crippen molar-refractivity contribution >= 4 is 17.7 Å². The van der Waals surface area contributed by atoms with Crippen LogP contribution in [0.2, 0.25) is 0 Å². The van der Waals surface area contributed by atoms with Crippen molar-refractivity contribution in [2.24, 2.45) is 0 Å². The monoisotopic (exact) mass is 420 g/mol. The molecule has 0 atom stereocenters. The number of nitrogens with one attached hydrogen (secondary N) is 1. The third-order valence-corrected chi connectivity index (χ3v) is 5.05. The Morgan fingerprint density at radius 3 is 2.52 bits per heavy atom. The van der Waals surface area contributed by atoms with Gasteiger partial charge in [0.25, 0.3) is 17.7 Å². The average Bonchev–Trinajstić information content (AvgIpc) is 3.39. The first-order valence-corrected chi connectivity index (χ1v) is 9.54. The number of nitrogens with zero attached hydrogens (tertiary/aromatic N) is 1. The first kappa shape index (κ1) is 20.2. The summed E-state index contributed by atoms with van der Waals surface area (Å²) < 4.78 is 15.9. The number of hydrogen-bond donors (Lipinski definition) is 1. The summed E-state index contributed by atoms with van der Waals surface area (Å²) >= 11 is 0. The third kappa shape index (κ3) is 3.75. The van der Waals surface area contributed by atoms with Gasteiger partial charge < -0.3 is 19.2 Å². The van der Waals surface area contributed by atoms with Crippen LogP contribution < -0.4 is 14.8 Å². The molecule has 4 rings (SSSR count). The molecular formula is C23H20N2O6. The summed E-state index contributed by atoms with van der Waals surface area (Å²) in [5.41, 5.74) is 1.49. The van der Waals surface area contributed by atoms with Gasteiger partial charge in [0.15, 0.2) is 11.5 Å². The molecule has 0 radical (unpaired) electrons. The van der Waals surface area contributed by atoms with Crippen LogP contribution in [0.15, 0.2) is 59.2 Å². The number of benzene rings is 2. The topological polar surface area (TPSA) is 98.1 Å². The number of para-hydroxylation sites is 1. The second-order valence-electron chi connectivity index (χ2n) is 6.87. The number of methoxy groups -OCH3 is 2. The van der Waals surface area contributed by atoms with Gasteiger partial charge in [0, 0.05) is 17.7 Å². The van der Waals surface area contributed by atoms with Crippen molar-refractivity contribution in [1.29, 1.82) is 0 Å². The molecule has 31 heavy (non-hydrogen) atoms. The van der Waals surface area contributed by atoms with Gasteiger partial charge in [-0.25, -0.2) is 0 Å². The van der Waals surface area contributed by atoms with Crippen molar-refractivity contribution < 1.29 is 28.3 Å². The number of rotatable bonds is 7. The zero-order valence-corrected chi connectivity index (χ0v) is 17.0. The minimum absolute atomic E-state index is 0.0382. The fourth-order valence-electron chi connectivity index (χ4n) is 3.50. The lowest BCUT2D eigenvalue weighted by molar-refractivity contribution is 0.0631. The molecule has 2 aromatic carbocycles. The first-order valence-electron chi connectivity index (χ1n) is 9.54. The van der Waals surface area contributed by atoms with Crippen molar-refractivity contribution in [3.05, 3.63) is 82.8 Å². The lowest BCUT2D eigenvalue weighted by Gasteiger charge is -2.13. The molecule has 8 heteroatoms. The molecule has 1 aliphatic heterocycles. The Hall–Kier alpha value is -4.07. The van der Waals surface area contributed by atoms with E-state index in [1.807, 2.05) is 6.07 Å². The van der Waals surface area contributed by atoms with Crippen LogP contribution in [0.1, 0.15) is 42.4 Å². The number of imide groups is 1. The molecule has 0 saturated heterocycles. The quantitative estimate of drug-likeness (QED) is 0.590. The molecule has 0 bridgehead atoms. The highest BCUT2D eigenvalue weighted by Crippen LogP contribution is 2.30. The molecule has 0 spiro atoms. The molecule has 158 valence electrons. The van der Waals surface area contributed by atoms with Crippen molar-refractivity contribution in [2.45, 2.75) is 13.1 Å². The largest absolute Gasteiger partial charge is 0.493 e. The van der Waals surface area contributed by atoms with Crippen molar-refractivity contribution in [3.63, 3.8) is 0 Å². The SMILES string of the molecule is COc1cccc(CNC(=O)c2ccc3c(c2)C(=O)N(Cc2ccco2)C3=O)c1OC. The van der Waals surface area contributed by atoms with Crippen LogP contribution in [-0.4, -0.2) is 36.8 Å². The summed E-state index contributed by atoms with van der Waals surface area (Å²) in [7, 11) is 3.07. The van der Waals surface area contributed by atoms with Gasteiger partial charge in [-0.2, -0.15) is 0 Å². The van der Waals surface area contributed by atoms with E-state index in [2.05, 4.69) is 5.32 Å². The molecule has 0 aliphatic carbocycles. The van der Waals surface area contributed by atoms with E-state index in [9.17, 15) is 14.4 Å². The summed E-state index contributed by atoms with van der Waals surface area (Å²) in [6, 6.07) is 13.2. The van der Waals surface area contributed by atoms with E-state index >= 15 is 0 Å². The van der Waals surface area contributed by atoms with Gasteiger partial charge in [0.1, 0.15) is 5.76 Å². The number of carbonyl (C=O) groups excluding carboxylic acids is 3. The predicted molar refractivity (Wildman–Crippen MR) is 110 cm³/mol. The standard InChI is InChI=1S/C23H20N2O6/c1-29-19-7-3-5-15(20(19)30-2)12-24-21(26)14-8-9-17-18(11-14)23(28)25(22(17)27)13-16-6-4-10-31-16/h3-11H,12-13H2,1-2H3,(H,24,26). The van der Waals surface area contributed by atoms with E-state index in [1.54, 1.807) is 24.3 Å². The molecule has 0 saturated carbocycles. The van der Waals surface area contributed by atoms with Crippen LogP contribution in [0, 0.1) is 0 Å². The molecule has 1 N–H and O–H groups in total. The van der Waals surface area contributed by atoms with Gasteiger partial charge in [-0.05, 0) is 36.4 Å². The highest BCUT2D eigenvalue weighted by Gasteiger charge is 2.36. The van der Waals surface area contributed by atoms with Crippen LogP contribution in [0.5, 0.6) is 11.5 Å². The Kier molecular flexibility index (Phi) is 5.44. The molecule has 2 heterocycles. The maximum atomic E-state index is 12.7. The summed E-state index contributed by atoms with van der Waals surface area (Å²) in [5.74, 6) is 0.350. The summed E-state index contributed by atoms with van der Waals surface area (Å²) in [6.45, 7) is 0.240. The Labute approximate surface area is 178 Å². The summed E-state index contributed by atoms with van der Waals surface area (Å²) in [5, 5.41) is 2.81. The number of fused-ring (bicyclic) bond motifs is 1. The lowest BCUT2D eigenvalue weighted by atomic mass is 10.1. The van der Waals surface area contributed by atoms with Crippen molar-refractivity contribution in [3.8, 4) is 11.5 Å². The van der Waals surface area contributed by atoms with Crippen molar-refractivity contribution in [1.82, 2.24) is 10.2 Å². The Morgan fingerprint density at radius 2 is 1.81 bits per heavy atom. The summed E-state index contributed by atoms with van der Waals surface area (Å²) in [6.07, 6.45) is 1.48. The number of furan rings is 1. The van der Waals surface area contributed by atoms with E-state index in [4.69, 9.17) is 13.9 Å². The highest BCUT2D eigenvalue weighted by molar-refractivity contribution is 6.22. The van der Waals surface area contributed by atoms with E-state index in [0.717, 1.165) is 10.5 Å². The smallest absolute Gasteiger partial charge is 0.261 e. The van der Waals surface area contributed by atoms with E-state index < -0.39 is 11.8 Å². The average molecular weight is 420 g/mol. The minimum atomic E-state index is -0.458. The van der Waals surface area contributed by atoms with Crippen LogP contribution in [0.25, 0.3) is 0 Å². The third-order valence-electron chi connectivity index (χ3n) is 5.05. The number of carbonyl (C=O) groups is 3. The van der Waals surface area contributed by atoms with Gasteiger partial charge in [-0.3, -0.25) is 19.3 Å². The van der Waals surface area contributed by atoms with Crippen LogP contribution in [0.4, 0.5) is 0 Å². The maximum absolute atomic E-state index is 12.7. The minimum Gasteiger partial charge on any atom is -0.493 e. The number of amides is 3. The van der Waals surface area contributed by atoms with E-state index in [0.29, 0.717) is 17.3 Å². The molecule has 3 amide bonds. The molecule has 0 fully saturated rings. The predicted octanol–water partition coefficient (Wildman–Crippen LogP) is 3.02. The zero-order valence-electron chi connectivity index (χ0n) is 17.0. The molecule has 0 unspecified atom stereocenters. The fourth-order valence-corrected chi connectivity index (χ4v) is 3.50. The zero-order chi connectivity index (χ0) is 22.0. The summed E-state index contributed by atoms with van der Waals surface area (Å²) in [4.78, 5) is 39.1. The fraction of sp³-hybridized carbons (Fsp3) is 0.174. The number of ether oxygens (including phenoxy) is 2. The van der Waals surface area contributed by atoms with Crippen molar-refractivity contribution in [2.75, 3.05) is 14.2 Å². The molecule has 3 aromatic rings. The Morgan fingerprint density at radius 1 is 1.00 bits per heavy atom. The molecule has 8 nitrogen and oxygen atoms in total. The Balaban J connectivity index is 1.50. The van der Waals surface area contributed by atoms with Gasteiger partial charge in [0.2, 0.25) is 0 Å². The van der Waals surface area contributed by atoms with Crippen LogP contribution in [-0.2, 0) is 13.1 Å². The highest BCUT2D eigenvalue weighted by atomic mass is 16.5. The molecular weight excluding hydrogens is 400 g/mol. The van der Waals surface area contributed by atoms with Gasteiger partial charge >= 0.3 is 0 Å². The second kappa shape index (κ2) is 8.35. The molecule has 1 aromatic heterocycles. The van der Waals surface area contributed by atoms with Crippen LogP contribution >= 0.6 is 0 Å². The number of hydrogen-bond acceptors (Lipinski definition) is 6. The van der Waals surface area contributed by atoms with Gasteiger partial charge in [-0.1, -0.05) is 12.1 Å². The van der Waals surface area contributed by atoms with Gasteiger partial charge in [-0.15, -0.1) is 0 Å². The maximum Gasteiger partial charge on any atom is 0.261 e. The van der Waals surface area contributed by atoms with Crippen LogP contribution in [0.3, 0.4) is 0 Å². The van der Waals surface area contributed by atoms with E-state index in [1.165, 1.54) is 38.7 Å². The lowest BCUT2D eigenvalue weighted by Crippen LogP contribution is -2.28. The normalized spacial score (nSPS) is 12.6. The van der Waals surface area contributed by atoms with Gasteiger partial charge in [0.05, 0.1) is 38.2 Å². The van der Waals surface area contributed by atoms with E-state index in [-0.39, 0.29) is 35.7 Å². The first-order chi connectivity index (χ1) is 15.0. The molecule has 1 aliphatic rings.